The second kappa shape index (κ2) is 9.15. The van der Waals surface area contributed by atoms with E-state index in [2.05, 4.69) is 25.4 Å². The lowest BCUT2D eigenvalue weighted by atomic mass is 10.1. The number of halogens is 9. The smallest absolute Gasteiger partial charge is 0.427 e. The van der Waals surface area contributed by atoms with Crippen molar-refractivity contribution in [3.8, 4) is 5.75 Å². The Labute approximate surface area is 173 Å². The lowest BCUT2D eigenvalue weighted by molar-refractivity contribution is -0.394. The molecule has 18 heteroatoms. The van der Waals surface area contributed by atoms with Gasteiger partial charge in [0.15, 0.2) is 12.4 Å². The highest BCUT2D eigenvalue weighted by atomic mass is 79.9. The van der Waals surface area contributed by atoms with Gasteiger partial charge < -0.3 is 9.47 Å². The van der Waals surface area contributed by atoms with Gasteiger partial charge in [0.25, 0.3) is 11.4 Å². The monoisotopic (exact) mass is 534 g/mol. The number of rotatable bonds is 9. The summed E-state index contributed by atoms with van der Waals surface area (Å²) >= 11 is 2.73. The first-order valence-corrected chi connectivity index (χ1v) is 8.39. The number of ether oxygens (including phenoxy) is 2. The highest BCUT2D eigenvalue weighted by Crippen LogP contribution is 2.48. The van der Waals surface area contributed by atoms with Gasteiger partial charge in [-0.25, -0.2) is 13.6 Å². The summed E-state index contributed by atoms with van der Waals surface area (Å²) in [5, 5.41) is 21.3. The van der Waals surface area contributed by atoms with Crippen molar-refractivity contribution in [3.05, 3.63) is 37.9 Å². The average molecular weight is 535 g/mol. The highest BCUT2D eigenvalue weighted by Gasteiger charge is 2.75. The summed E-state index contributed by atoms with van der Waals surface area (Å²) in [7, 11) is 0. The van der Waals surface area contributed by atoms with Gasteiger partial charge >= 0.3 is 30.3 Å². The molecule has 1 aromatic rings. The molecule has 9 nitrogen and oxygen atoms in total. The Morgan fingerprint density at radius 2 is 1.61 bits per heavy atom. The van der Waals surface area contributed by atoms with Crippen molar-refractivity contribution in [1.29, 1.82) is 0 Å². The van der Waals surface area contributed by atoms with Crippen LogP contribution in [-0.4, -0.2) is 46.8 Å². The Hall–Kier alpha value is -2.79. The van der Waals surface area contributed by atoms with Crippen molar-refractivity contribution in [2.75, 3.05) is 6.61 Å². The molecule has 0 N–H and O–H groups in total. The van der Waals surface area contributed by atoms with E-state index in [1.807, 2.05) is 0 Å². The van der Waals surface area contributed by atoms with Crippen LogP contribution in [0.15, 0.2) is 12.1 Å². The van der Waals surface area contributed by atoms with Crippen molar-refractivity contribution in [2.45, 2.75) is 29.5 Å². The molecule has 0 fully saturated rings. The molecule has 0 aliphatic heterocycles. The van der Waals surface area contributed by atoms with E-state index in [0.29, 0.717) is 12.1 Å². The summed E-state index contributed by atoms with van der Waals surface area (Å²) < 4.78 is 110. The molecule has 1 rings (SSSR count). The molecule has 1 aromatic carbocycles. The SMILES string of the molecule is O=C(OCC(F)(F)C(F)(F)C(F)(F)C(F)F)Oc1cc([N+](=O)[O-])cc([N+](=O)[O-])c1CBr. The number of alkyl halides is 9. The Kier molecular flexibility index (Phi) is 7.74. The fraction of sp³-hybridized carbons (Fsp3) is 0.462. The number of nitro benzene ring substituents is 2. The molecule has 31 heavy (non-hydrogen) atoms. The number of hydrogen-bond donors (Lipinski definition) is 0. The maximum Gasteiger partial charge on any atom is 0.514 e. The minimum atomic E-state index is -6.65. The summed E-state index contributed by atoms with van der Waals surface area (Å²) in [5.41, 5.74) is -2.52. The quantitative estimate of drug-likeness (QED) is 0.108. The van der Waals surface area contributed by atoms with Crippen LogP contribution in [0.2, 0.25) is 0 Å². The number of non-ortho nitro benzene ring substituents is 1. The van der Waals surface area contributed by atoms with Crippen LogP contribution in [0.1, 0.15) is 5.56 Å². The van der Waals surface area contributed by atoms with E-state index in [4.69, 9.17) is 0 Å². The lowest BCUT2D eigenvalue weighted by Gasteiger charge is -2.31. The molecule has 0 amide bonds. The summed E-state index contributed by atoms with van der Waals surface area (Å²) in [5.74, 6) is -20.1. The number of benzene rings is 1. The van der Waals surface area contributed by atoms with Crippen LogP contribution in [0.25, 0.3) is 0 Å². The zero-order chi connectivity index (χ0) is 24.4. The van der Waals surface area contributed by atoms with E-state index in [-0.39, 0.29) is 0 Å². The number of carbonyl (C=O) groups is 1. The molecule has 0 saturated carbocycles. The minimum absolute atomic E-state index is 0.419. The zero-order valence-corrected chi connectivity index (χ0v) is 15.9. The summed E-state index contributed by atoms with van der Waals surface area (Å²) in [6, 6.07) is 0.873. The van der Waals surface area contributed by atoms with Crippen molar-refractivity contribution >= 4 is 33.5 Å². The van der Waals surface area contributed by atoms with Crippen LogP contribution in [-0.2, 0) is 10.1 Å². The molecule has 0 aliphatic rings. The van der Waals surface area contributed by atoms with Crippen molar-refractivity contribution in [2.24, 2.45) is 0 Å². The van der Waals surface area contributed by atoms with Crippen molar-refractivity contribution in [1.82, 2.24) is 0 Å². The van der Waals surface area contributed by atoms with Crippen LogP contribution in [0.5, 0.6) is 5.75 Å². The molecule has 0 atom stereocenters. The second-order valence-corrected chi connectivity index (χ2v) is 5.99. The Morgan fingerprint density at radius 3 is 2.03 bits per heavy atom. The summed E-state index contributed by atoms with van der Waals surface area (Å²) in [4.78, 5) is 31.0. The predicted octanol–water partition coefficient (Wildman–Crippen LogP) is 5.08. The van der Waals surface area contributed by atoms with Gasteiger partial charge in [-0.1, -0.05) is 15.9 Å². The first-order chi connectivity index (χ1) is 14.0. The predicted molar refractivity (Wildman–Crippen MR) is 85.2 cm³/mol. The van der Waals surface area contributed by atoms with Crippen molar-refractivity contribution < 1.29 is 59.2 Å². The van der Waals surface area contributed by atoms with Crippen molar-refractivity contribution in [3.63, 3.8) is 0 Å². The van der Waals surface area contributed by atoms with Gasteiger partial charge in [0.2, 0.25) is 0 Å². The van der Waals surface area contributed by atoms with Gasteiger partial charge in [0.1, 0.15) is 0 Å². The topological polar surface area (TPSA) is 122 Å². The fourth-order valence-electron chi connectivity index (χ4n) is 1.85. The molecular formula is C13H7BrF8N2O7. The lowest BCUT2D eigenvalue weighted by Crippen LogP contribution is -2.59. The molecule has 0 heterocycles. The van der Waals surface area contributed by atoms with Gasteiger partial charge in [0.05, 0.1) is 27.5 Å². The molecular weight excluding hydrogens is 528 g/mol. The molecule has 0 spiro atoms. The second-order valence-electron chi connectivity index (χ2n) is 5.43. The third-order valence-corrected chi connectivity index (χ3v) is 3.99. The third-order valence-electron chi connectivity index (χ3n) is 3.43. The molecule has 0 unspecified atom stereocenters. The summed E-state index contributed by atoms with van der Waals surface area (Å²) in [6.45, 7) is -2.86. The van der Waals surface area contributed by atoms with E-state index in [0.717, 1.165) is 0 Å². The maximum atomic E-state index is 13.4. The molecule has 0 saturated heterocycles. The fourth-order valence-corrected chi connectivity index (χ4v) is 2.41. The van der Waals surface area contributed by atoms with Crippen LogP contribution in [0.3, 0.4) is 0 Å². The van der Waals surface area contributed by atoms with Crippen LogP contribution in [0, 0.1) is 20.2 Å². The standard InChI is InChI=1S/C13H7BrF8N2O7/c14-3-6-7(24(28)29)1-5(23(26)27)2-8(6)31-10(25)30-4-11(17,18)13(21,22)12(19,20)9(15)16/h1-2,9H,3-4H2. The van der Waals surface area contributed by atoms with E-state index in [9.17, 15) is 60.1 Å². The normalized spacial score (nSPS) is 12.6. The average Bonchev–Trinajstić information content (AvgIpc) is 2.65. The third kappa shape index (κ3) is 5.28. The van der Waals surface area contributed by atoms with Gasteiger partial charge in [-0.05, 0) is 0 Å². The van der Waals surface area contributed by atoms with Crippen LogP contribution < -0.4 is 4.74 Å². The number of nitro groups is 2. The first kappa shape index (κ1) is 26.2. The Morgan fingerprint density at radius 1 is 1.06 bits per heavy atom. The molecule has 174 valence electrons. The molecule has 0 radical (unpaired) electrons. The zero-order valence-electron chi connectivity index (χ0n) is 14.3. The Bertz CT molecular complexity index is 884. The van der Waals surface area contributed by atoms with Gasteiger partial charge in [0, 0.05) is 5.33 Å². The van der Waals surface area contributed by atoms with Crippen LogP contribution in [0.4, 0.5) is 51.3 Å². The van der Waals surface area contributed by atoms with Gasteiger partial charge in [-0.15, -0.1) is 0 Å². The highest BCUT2D eigenvalue weighted by molar-refractivity contribution is 9.08. The largest absolute Gasteiger partial charge is 0.514 e. The summed E-state index contributed by atoms with van der Waals surface area (Å²) in [6.07, 6.45) is -7.51. The molecule has 0 bridgehead atoms. The maximum absolute atomic E-state index is 13.4. The molecule has 0 aromatic heterocycles. The minimum Gasteiger partial charge on any atom is -0.427 e. The Balaban J connectivity index is 3.13. The van der Waals surface area contributed by atoms with E-state index in [1.54, 1.807) is 0 Å². The first-order valence-electron chi connectivity index (χ1n) is 7.27. The van der Waals surface area contributed by atoms with Gasteiger partial charge in [-0.2, -0.15) is 26.3 Å². The van der Waals surface area contributed by atoms with E-state index < -0.39 is 74.8 Å². The molecule has 0 aliphatic carbocycles. The van der Waals surface area contributed by atoms with E-state index >= 15 is 0 Å². The number of hydrogen-bond acceptors (Lipinski definition) is 7. The van der Waals surface area contributed by atoms with Crippen LogP contribution >= 0.6 is 15.9 Å². The van der Waals surface area contributed by atoms with Gasteiger partial charge in [-0.3, -0.25) is 20.2 Å². The number of nitrogens with zero attached hydrogens (tertiary/aromatic N) is 2. The number of carbonyl (C=O) groups excluding carboxylic acids is 1. The van der Waals surface area contributed by atoms with E-state index in [1.165, 1.54) is 0 Å².